The zero-order chi connectivity index (χ0) is 18.1. The van der Waals surface area contributed by atoms with Gasteiger partial charge in [0.05, 0.1) is 5.69 Å². The number of anilines is 1. The predicted octanol–water partition coefficient (Wildman–Crippen LogP) is 4.16. The van der Waals surface area contributed by atoms with Crippen LogP contribution in [0.3, 0.4) is 0 Å². The largest absolute Gasteiger partial charge is 0.454 e. The molecular weight excluding hydrogens is 355 g/mol. The van der Waals surface area contributed by atoms with Crippen LogP contribution in [0.15, 0.2) is 42.5 Å². The monoisotopic (exact) mass is 370 g/mol. The van der Waals surface area contributed by atoms with Gasteiger partial charge in [0.15, 0.2) is 16.6 Å². The highest BCUT2D eigenvalue weighted by molar-refractivity contribution is 7.15. The lowest BCUT2D eigenvalue weighted by atomic mass is 10.1. The van der Waals surface area contributed by atoms with Gasteiger partial charge < -0.3 is 9.47 Å². The maximum atomic E-state index is 13.0. The minimum absolute atomic E-state index is 0.248. The standard InChI is InChI=1S/C19H15FN2O3S/c1-11-17(9-12-2-7-15-16(8-12)25-10-24-15)26-19(21-11)22-18(23)13-3-5-14(20)6-4-13/h2-8H,9-10H2,1H3,(H,21,22,23). The number of amides is 1. The van der Waals surface area contributed by atoms with Crippen molar-refractivity contribution in [2.75, 3.05) is 12.1 Å². The SMILES string of the molecule is Cc1nc(NC(=O)c2ccc(F)cc2)sc1Cc1ccc2c(c1)OCO2. The second-order valence-corrected chi connectivity index (χ2v) is 6.94. The zero-order valence-corrected chi connectivity index (χ0v) is 14.7. The van der Waals surface area contributed by atoms with Crippen LogP contribution >= 0.6 is 11.3 Å². The molecule has 7 heteroatoms. The molecule has 0 atom stereocenters. The van der Waals surface area contributed by atoms with Crippen LogP contribution in [0.5, 0.6) is 11.5 Å². The number of hydrogen-bond acceptors (Lipinski definition) is 5. The Balaban J connectivity index is 1.48. The molecule has 1 N–H and O–H groups in total. The number of carbonyl (C=O) groups is 1. The highest BCUT2D eigenvalue weighted by atomic mass is 32.1. The molecule has 0 saturated carbocycles. The van der Waals surface area contributed by atoms with Gasteiger partial charge in [-0.2, -0.15) is 0 Å². The van der Waals surface area contributed by atoms with Crippen molar-refractivity contribution in [2.24, 2.45) is 0 Å². The van der Waals surface area contributed by atoms with E-state index in [9.17, 15) is 9.18 Å². The van der Waals surface area contributed by atoms with Crippen LogP contribution in [0.2, 0.25) is 0 Å². The number of nitrogens with zero attached hydrogens (tertiary/aromatic N) is 1. The van der Waals surface area contributed by atoms with Crippen LogP contribution in [0.1, 0.15) is 26.5 Å². The summed E-state index contributed by atoms with van der Waals surface area (Å²) in [7, 11) is 0. The number of fused-ring (bicyclic) bond motifs is 1. The van der Waals surface area contributed by atoms with Gasteiger partial charge in [-0.3, -0.25) is 10.1 Å². The zero-order valence-electron chi connectivity index (χ0n) is 13.9. The first-order chi connectivity index (χ1) is 12.6. The number of aryl methyl sites for hydroxylation is 1. The van der Waals surface area contributed by atoms with Gasteiger partial charge in [-0.05, 0) is 48.9 Å². The molecule has 0 unspecified atom stereocenters. The van der Waals surface area contributed by atoms with Crippen LogP contribution in [0, 0.1) is 12.7 Å². The summed E-state index contributed by atoms with van der Waals surface area (Å²) >= 11 is 1.42. The summed E-state index contributed by atoms with van der Waals surface area (Å²) in [5.41, 5.74) is 2.33. The van der Waals surface area contributed by atoms with E-state index in [0.717, 1.165) is 27.6 Å². The first-order valence-electron chi connectivity index (χ1n) is 8.00. The molecule has 0 spiro atoms. The number of halogens is 1. The van der Waals surface area contributed by atoms with Crippen molar-refractivity contribution in [1.29, 1.82) is 0 Å². The van der Waals surface area contributed by atoms with Crippen molar-refractivity contribution in [2.45, 2.75) is 13.3 Å². The lowest BCUT2D eigenvalue weighted by Gasteiger charge is -2.02. The van der Waals surface area contributed by atoms with Crippen molar-refractivity contribution in [3.63, 3.8) is 0 Å². The molecule has 26 heavy (non-hydrogen) atoms. The molecule has 4 rings (SSSR count). The van der Waals surface area contributed by atoms with E-state index in [4.69, 9.17) is 9.47 Å². The number of thiazole rings is 1. The Labute approximate surface area is 153 Å². The fourth-order valence-corrected chi connectivity index (χ4v) is 3.64. The minimum Gasteiger partial charge on any atom is -0.454 e. The highest BCUT2D eigenvalue weighted by Crippen LogP contribution is 2.34. The van der Waals surface area contributed by atoms with Crippen molar-refractivity contribution >= 4 is 22.4 Å². The number of ether oxygens (including phenoxy) is 2. The first kappa shape index (κ1) is 16.5. The average molecular weight is 370 g/mol. The molecule has 132 valence electrons. The van der Waals surface area contributed by atoms with E-state index in [1.165, 1.54) is 35.6 Å². The molecule has 1 amide bonds. The summed E-state index contributed by atoms with van der Waals surface area (Å²) in [6, 6.07) is 11.2. The summed E-state index contributed by atoms with van der Waals surface area (Å²) in [4.78, 5) is 17.7. The quantitative estimate of drug-likeness (QED) is 0.749. The highest BCUT2D eigenvalue weighted by Gasteiger charge is 2.16. The van der Waals surface area contributed by atoms with Crippen molar-refractivity contribution in [3.8, 4) is 11.5 Å². The smallest absolute Gasteiger partial charge is 0.257 e. The normalized spacial score (nSPS) is 12.2. The summed E-state index contributed by atoms with van der Waals surface area (Å²) in [6.07, 6.45) is 0.687. The number of hydrogen-bond donors (Lipinski definition) is 1. The van der Waals surface area contributed by atoms with Crippen molar-refractivity contribution in [3.05, 3.63) is 70.0 Å². The number of rotatable bonds is 4. The fraction of sp³-hybridized carbons (Fsp3) is 0.158. The molecule has 2 heterocycles. The molecule has 0 aliphatic carbocycles. The van der Waals surface area contributed by atoms with E-state index >= 15 is 0 Å². The molecule has 0 saturated heterocycles. The Morgan fingerprint density at radius 2 is 1.96 bits per heavy atom. The van der Waals surface area contributed by atoms with E-state index in [0.29, 0.717) is 17.1 Å². The molecular formula is C19H15FN2O3S. The Bertz CT molecular complexity index is 969. The predicted molar refractivity (Wildman–Crippen MR) is 96.6 cm³/mol. The number of aromatic nitrogens is 1. The fourth-order valence-electron chi connectivity index (χ4n) is 2.65. The Hall–Kier alpha value is -2.93. The van der Waals surface area contributed by atoms with E-state index in [-0.39, 0.29) is 18.5 Å². The average Bonchev–Trinajstić information content (AvgIpc) is 3.22. The number of carbonyl (C=O) groups excluding carboxylic acids is 1. The van der Waals surface area contributed by atoms with Gasteiger partial charge in [-0.1, -0.05) is 6.07 Å². The summed E-state index contributed by atoms with van der Waals surface area (Å²) in [5, 5.41) is 3.29. The molecule has 1 aliphatic rings. The Morgan fingerprint density at radius 1 is 1.19 bits per heavy atom. The van der Waals surface area contributed by atoms with Crippen LogP contribution in [0.25, 0.3) is 0 Å². The van der Waals surface area contributed by atoms with Crippen LogP contribution in [-0.4, -0.2) is 17.7 Å². The maximum Gasteiger partial charge on any atom is 0.257 e. The molecule has 0 fully saturated rings. The maximum absolute atomic E-state index is 13.0. The summed E-state index contributed by atoms with van der Waals surface area (Å²) in [6.45, 7) is 2.16. The second-order valence-electron chi connectivity index (χ2n) is 5.85. The molecule has 3 aromatic rings. The number of nitrogens with one attached hydrogen (secondary N) is 1. The second kappa shape index (κ2) is 6.76. The van der Waals surface area contributed by atoms with Gasteiger partial charge in [0.2, 0.25) is 6.79 Å². The van der Waals surface area contributed by atoms with E-state index < -0.39 is 0 Å². The minimum atomic E-state index is -0.377. The topological polar surface area (TPSA) is 60.5 Å². The van der Waals surface area contributed by atoms with Gasteiger partial charge in [0.25, 0.3) is 5.91 Å². The van der Waals surface area contributed by atoms with E-state index in [2.05, 4.69) is 10.3 Å². The van der Waals surface area contributed by atoms with Crippen molar-refractivity contribution in [1.82, 2.24) is 4.98 Å². The van der Waals surface area contributed by atoms with E-state index in [1.54, 1.807) is 0 Å². The van der Waals surface area contributed by atoms with Crippen LogP contribution in [0.4, 0.5) is 9.52 Å². The third-order valence-electron chi connectivity index (χ3n) is 4.02. The molecule has 1 aliphatic heterocycles. The number of benzene rings is 2. The molecule has 5 nitrogen and oxygen atoms in total. The third-order valence-corrected chi connectivity index (χ3v) is 5.09. The van der Waals surface area contributed by atoms with Crippen LogP contribution in [-0.2, 0) is 6.42 Å². The lowest BCUT2D eigenvalue weighted by molar-refractivity contribution is 0.102. The first-order valence-corrected chi connectivity index (χ1v) is 8.82. The Kier molecular flexibility index (Phi) is 4.30. The Morgan fingerprint density at radius 3 is 2.77 bits per heavy atom. The van der Waals surface area contributed by atoms with Crippen LogP contribution < -0.4 is 14.8 Å². The molecule has 0 radical (unpaired) electrons. The lowest BCUT2D eigenvalue weighted by Crippen LogP contribution is -2.11. The summed E-state index contributed by atoms with van der Waals surface area (Å²) in [5.74, 6) is 0.808. The van der Waals surface area contributed by atoms with Gasteiger partial charge in [0.1, 0.15) is 5.82 Å². The summed E-state index contributed by atoms with van der Waals surface area (Å²) < 4.78 is 23.7. The van der Waals surface area contributed by atoms with Gasteiger partial charge in [-0.15, -0.1) is 11.3 Å². The van der Waals surface area contributed by atoms with E-state index in [1.807, 2.05) is 25.1 Å². The van der Waals surface area contributed by atoms with Gasteiger partial charge >= 0.3 is 0 Å². The van der Waals surface area contributed by atoms with Crippen molar-refractivity contribution < 1.29 is 18.7 Å². The third kappa shape index (κ3) is 3.39. The molecule has 0 bridgehead atoms. The molecule has 2 aromatic carbocycles. The van der Waals surface area contributed by atoms with Gasteiger partial charge in [0, 0.05) is 16.9 Å². The molecule has 1 aromatic heterocycles. The van der Waals surface area contributed by atoms with Gasteiger partial charge in [-0.25, -0.2) is 9.37 Å².